The molecule has 1 saturated heterocycles. The van der Waals surface area contributed by atoms with Crippen LogP contribution in [0.15, 0.2) is 35.5 Å². The summed E-state index contributed by atoms with van der Waals surface area (Å²) in [5.74, 6) is -10.5. The molecule has 1 aromatic carbocycles. The van der Waals surface area contributed by atoms with E-state index in [9.17, 15) is 53.1 Å². The number of likely N-dealkylation sites (tertiary alicyclic amines) is 1. The third kappa shape index (κ3) is 18.6. The average molecular weight is 1030 g/mol. The molecule has 26 nitrogen and oxygen atoms in total. The lowest BCUT2D eigenvalue weighted by Gasteiger charge is -2.32. The zero-order valence-corrected chi connectivity index (χ0v) is 41.9. The number of H-pyrrole nitrogens is 1. The molecule has 9 amide bonds. The second-order valence-corrected chi connectivity index (χ2v) is 18.6. The number of carboxylic acid groups (broad SMARTS) is 1. The van der Waals surface area contributed by atoms with E-state index in [4.69, 9.17) is 34.4 Å². The van der Waals surface area contributed by atoms with Crippen LogP contribution in [0.25, 0.3) is 10.9 Å². The van der Waals surface area contributed by atoms with Crippen LogP contribution in [0.3, 0.4) is 0 Å². The summed E-state index contributed by atoms with van der Waals surface area (Å²) in [6, 6.07) is -3.46. The van der Waals surface area contributed by atoms with E-state index in [1.54, 1.807) is 33.9 Å². The summed E-state index contributed by atoms with van der Waals surface area (Å²) in [5.41, 5.74) is 35.1. The summed E-state index contributed by atoms with van der Waals surface area (Å²) in [4.78, 5) is 142. The SMILES string of the molecule is CC[C@H](C)[C@H](NC(=O)[C@@H]1CCCN1C(=O)[C@H](CCCCN)NC(=O)[C@@H](NC(=O)[C@H](CC(N)=O)NC(=O)[C@H](CC(N)=O)NC(=O)[C@@H](N)Cc1c[nH]c2ccccc12)C(C)C)C(=O)N[C@@H](CCCN=C(N)N)C(=O)O. The average Bonchev–Trinajstić information content (AvgIpc) is 3.99. The van der Waals surface area contributed by atoms with E-state index in [0.29, 0.717) is 31.2 Å². The number of benzene rings is 1. The summed E-state index contributed by atoms with van der Waals surface area (Å²) < 4.78 is 0. The first-order valence-corrected chi connectivity index (χ1v) is 24.5. The highest BCUT2D eigenvalue weighted by atomic mass is 16.4. The predicted octanol–water partition coefficient (Wildman–Crippen LogP) is -3.34. The van der Waals surface area contributed by atoms with Gasteiger partial charge in [0.1, 0.15) is 42.3 Å². The second kappa shape index (κ2) is 29.2. The molecule has 0 bridgehead atoms. The quantitative estimate of drug-likeness (QED) is 0.0199. The Hall–Kier alpha value is -7.35. The van der Waals surface area contributed by atoms with Crippen LogP contribution in [0.1, 0.15) is 97.5 Å². The molecule has 2 aromatic rings. The van der Waals surface area contributed by atoms with E-state index in [1.165, 1.54) is 4.90 Å². The lowest BCUT2D eigenvalue weighted by atomic mass is 9.97. The number of hydrogen-bond acceptors (Lipinski definition) is 13. The summed E-state index contributed by atoms with van der Waals surface area (Å²) in [6.07, 6.45) is 2.40. The van der Waals surface area contributed by atoms with E-state index in [2.05, 4.69) is 41.9 Å². The Morgan fingerprint density at radius 1 is 0.740 bits per heavy atom. The zero-order valence-electron chi connectivity index (χ0n) is 41.9. The van der Waals surface area contributed by atoms with Gasteiger partial charge in [0.15, 0.2) is 5.96 Å². The minimum Gasteiger partial charge on any atom is -0.480 e. The fourth-order valence-corrected chi connectivity index (χ4v) is 8.28. The molecule has 2 heterocycles. The highest BCUT2D eigenvalue weighted by Gasteiger charge is 2.41. The molecule has 1 aromatic heterocycles. The molecule has 73 heavy (non-hydrogen) atoms. The minimum atomic E-state index is -1.73. The number of carbonyl (C=O) groups is 10. The molecule has 26 heteroatoms. The van der Waals surface area contributed by atoms with Gasteiger partial charge in [0.2, 0.25) is 53.2 Å². The Labute approximate surface area is 423 Å². The molecule has 0 radical (unpaired) electrons. The number of para-hydroxylation sites is 1. The van der Waals surface area contributed by atoms with Crippen LogP contribution < -0.4 is 66.3 Å². The van der Waals surface area contributed by atoms with Crippen molar-refractivity contribution in [1.82, 2.24) is 41.8 Å². The maximum Gasteiger partial charge on any atom is 0.326 e. The number of carboxylic acids is 1. The number of carbonyl (C=O) groups excluding carboxylic acids is 9. The maximum absolute atomic E-state index is 14.4. The van der Waals surface area contributed by atoms with Crippen LogP contribution in [0.2, 0.25) is 0 Å². The molecule has 0 saturated carbocycles. The van der Waals surface area contributed by atoms with E-state index < -0.39 is 132 Å². The van der Waals surface area contributed by atoms with E-state index in [0.717, 1.165) is 10.9 Å². The van der Waals surface area contributed by atoms with Crippen molar-refractivity contribution < 1.29 is 53.1 Å². The number of aromatic nitrogens is 1. The van der Waals surface area contributed by atoms with E-state index in [-0.39, 0.29) is 57.7 Å². The topological polar surface area (TPSA) is 451 Å². The first-order valence-electron chi connectivity index (χ1n) is 24.5. The Morgan fingerprint density at radius 3 is 1.90 bits per heavy atom. The second-order valence-electron chi connectivity index (χ2n) is 18.6. The molecule has 0 aliphatic carbocycles. The molecule has 3 rings (SSSR count). The van der Waals surface area contributed by atoms with Crippen molar-refractivity contribution in [3.63, 3.8) is 0 Å². The maximum atomic E-state index is 14.4. The molecule has 0 unspecified atom stereocenters. The van der Waals surface area contributed by atoms with Crippen molar-refractivity contribution in [2.45, 2.75) is 147 Å². The van der Waals surface area contributed by atoms with Crippen LogP contribution in [-0.2, 0) is 54.4 Å². The van der Waals surface area contributed by atoms with Gasteiger partial charge < -0.3 is 81.3 Å². The Bertz CT molecular complexity index is 2300. The number of aliphatic carboxylic acids is 1. The summed E-state index contributed by atoms with van der Waals surface area (Å²) in [6.45, 7) is 7.19. The van der Waals surface area contributed by atoms with Gasteiger partial charge in [0.05, 0.1) is 18.9 Å². The fraction of sp³-hybridized carbons (Fsp3) is 0.596. The van der Waals surface area contributed by atoms with Gasteiger partial charge in [-0.25, -0.2) is 4.79 Å². The number of nitrogens with two attached hydrogens (primary N) is 6. The van der Waals surface area contributed by atoms with Gasteiger partial charge in [-0.05, 0) is 81.4 Å². The number of amides is 9. The van der Waals surface area contributed by atoms with E-state index >= 15 is 0 Å². The first kappa shape index (κ1) is 60.0. The number of aliphatic imine (C=N–C) groups is 1. The van der Waals surface area contributed by atoms with Gasteiger partial charge in [0, 0.05) is 30.2 Å². The fourth-order valence-electron chi connectivity index (χ4n) is 8.28. The smallest absolute Gasteiger partial charge is 0.326 e. The molecule has 1 aliphatic rings. The summed E-state index contributed by atoms with van der Waals surface area (Å²) >= 11 is 0. The Kier molecular flexibility index (Phi) is 24.0. The third-order valence-corrected chi connectivity index (χ3v) is 12.5. The summed E-state index contributed by atoms with van der Waals surface area (Å²) in [5, 5.41) is 25.8. The van der Waals surface area contributed by atoms with Crippen LogP contribution >= 0.6 is 0 Å². The van der Waals surface area contributed by atoms with Crippen molar-refractivity contribution in [3.8, 4) is 0 Å². The largest absolute Gasteiger partial charge is 0.480 e. The Morgan fingerprint density at radius 2 is 1.32 bits per heavy atom. The number of guanidine groups is 1. The van der Waals surface area contributed by atoms with Gasteiger partial charge in [-0.3, -0.25) is 48.1 Å². The zero-order chi connectivity index (χ0) is 54.5. The minimum absolute atomic E-state index is 0.00271. The molecule has 0 spiro atoms. The molecular formula is C47H75N15O11. The van der Waals surface area contributed by atoms with Gasteiger partial charge in [-0.15, -0.1) is 0 Å². The van der Waals surface area contributed by atoms with Crippen molar-refractivity contribution in [1.29, 1.82) is 0 Å². The predicted molar refractivity (Wildman–Crippen MR) is 269 cm³/mol. The molecule has 1 fully saturated rings. The van der Waals surface area contributed by atoms with Crippen molar-refractivity contribution >= 4 is 76.0 Å². The number of unbranched alkanes of at least 4 members (excludes halogenated alkanes) is 1. The first-order chi connectivity index (χ1) is 34.5. The number of nitrogens with zero attached hydrogens (tertiary/aromatic N) is 2. The lowest BCUT2D eigenvalue weighted by Crippen LogP contribution is -2.61. The number of primary amides is 2. The van der Waals surface area contributed by atoms with E-state index in [1.807, 2.05) is 24.3 Å². The molecule has 404 valence electrons. The highest BCUT2D eigenvalue weighted by Crippen LogP contribution is 2.22. The summed E-state index contributed by atoms with van der Waals surface area (Å²) in [7, 11) is 0. The Balaban J connectivity index is 1.78. The standard InChI is InChI=1S/C47H75N15O11/c1-5-25(4)38(44(70)57-31(46(72)73)15-10-18-54-47(52)53)61-42(68)34-16-11-19-62(34)45(71)30(14-8-9-17-48)56-43(69)37(24(2)3)60-41(67)33(22-36(51)64)59-40(66)32(21-35(50)63)58-39(65)28(49)20-26-23-55-29-13-7-6-12-27(26)29/h6-7,12-13,23-25,28,30-34,37-38,55H,5,8-11,14-22,48-49H2,1-4H3,(H2,50,63)(H2,51,64)(H,56,69)(H,57,70)(H,58,65)(H,59,66)(H,60,67)(H,61,68)(H,72,73)(H4,52,53,54)/t25-,28-,30-,31-,32-,33-,34-,37-,38-/m0/s1. The van der Waals surface area contributed by atoms with Crippen LogP contribution in [0.5, 0.6) is 0 Å². The highest BCUT2D eigenvalue weighted by molar-refractivity contribution is 6.00. The van der Waals surface area contributed by atoms with Gasteiger partial charge in [-0.2, -0.15) is 0 Å². The number of fused-ring (bicyclic) bond motifs is 1. The van der Waals surface area contributed by atoms with Crippen LogP contribution in [-0.4, -0.2) is 148 Å². The van der Waals surface area contributed by atoms with Crippen molar-refractivity contribution in [2.24, 2.45) is 51.2 Å². The van der Waals surface area contributed by atoms with Gasteiger partial charge in [0.25, 0.3) is 0 Å². The lowest BCUT2D eigenvalue weighted by molar-refractivity contribution is -0.144. The van der Waals surface area contributed by atoms with Crippen molar-refractivity contribution in [3.05, 3.63) is 36.0 Å². The van der Waals surface area contributed by atoms with Crippen molar-refractivity contribution in [2.75, 3.05) is 19.6 Å². The normalized spacial score (nSPS) is 16.6. The number of hydrogen-bond donors (Lipinski definition) is 14. The number of aromatic amines is 1. The van der Waals surface area contributed by atoms with Crippen LogP contribution in [0.4, 0.5) is 0 Å². The third-order valence-electron chi connectivity index (χ3n) is 12.5. The number of rotatable bonds is 31. The molecule has 1 aliphatic heterocycles. The molecular weight excluding hydrogens is 951 g/mol. The van der Waals surface area contributed by atoms with Gasteiger partial charge in [-0.1, -0.05) is 52.3 Å². The molecule has 9 atom stereocenters. The monoisotopic (exact) mass is 1030 g/mol. The number of nitrogens with one attached hydrogen (secondary N) is 7. The molecule has 20 N–H and O–H groups in total. The van der Waals surface area contributed by atoms with Gasteiger partial charge >= 0.3 is 5.97 Å². The van der Waals surface area contributed by atoms with Crippen LogP contribution in [0, 0.1) is 11.8 Å².